The second kappa shape index (κ2) is 6.26. The lowest BCUT2D eigenvalue weighted by atomic mass is 9.90. The molecule has 0 N–H and O–H groups in total. The summed E-state index contributed by atoms with van der Waals surface area (Å²) < 4.78 is 5.81. The molecule has 4 rings (SSSR count). The largest absolute Gasteiger partial charge is 0.378 e. The van der Waals surface area contributed by atoms with Crippen LogP contribution in [0.3, 0.4) is 0 Å². The maximum absolute atomic E-state index is 5.81. The van der Waals surface area contributed by atoms with Gasteiger partial charge in [-0.2, -0.15) is 0 Å². The standard InChI is InChI=1S/C20H22N2O/c1-15-7-8-17(11-21-15)18-9-19-13-23-14-20(10-18)22(19)12-16-5-3-2-4-6-16/h2-9,11,19-20H,10,12-14H2,1H3. The van der Waals surface area contributed by atoms with Crippen molar-refractivity contribution in [3.8, 4) is 0 Å². The van der Waals surface area contributed by atoms with Gasteiger partial charge in [0.1, 0.15) is 0 Å². The molecule has 0 spiro atoms. The number of hydrogen-bond acceptors (Lipinski definition) is 3. The lowest BCUT2D eigenvalue weighted by molar-refractivity contribution is -0.0402. The molecule has 2 atom stereocenters. The summed E-state index contributed by atoms with van der Waals surface area (Å²) in [5.41, 5.74) is 5.12. The highest BCUT2D eigenvalue weighted by atomic mass is 16.5. The van der Waals surface area contributed by atoms with Crippen molar-refractivity contribution in [2.45, 2.75) is 32.0 Å². The molecule has 118 valence electrons. The van der Waals surface area contributed by atoms with Crippen LogP contribution < -0.4 is 0 Å². The van der Waals surface area contributed by atoms with Crippen LogP contribution in [-0.2, 0) is 11.3 Å². The monoisotopic (exact) mass is 306 g/mol. The normalized spacial score (nSPS) is 24.3. The molecular formula is C20H22N2O. The minimum atomic E-state index is 0.360. The molecule has 1 aromatic carbocycles. The van der Waals surface area contributed by atoms with Gasteiger partial charge in [-0.15, -0.1) is 0 Å². The van der Waals surface area contributed by atoms with Crippen molar-refractivity contribution in [2.24, 2.45) is 0 Å². The van der Waals surface area contributed by atoms with Gasteiger partial charge in [0.15, 0.2) is 0 Å². The van der Waals surface area contributed by atoms with E-state index in [1.807, 2.05) is 13.1 Å². The molecule has 3 nitrogen and oxygen atoms in total. The number of benzene rings is 1. The first-order chi connectivity index (χ1) is 11.3. The van der Waals surface area contributed by atoms with E-state index in [4.69, 9.17) is 4.74 Å². The van der Waals surface area contributed by atoms with E-state index in [0.29, 0.717) is 12.1 Å². The van der Waals surface area contributed by atoms with E-state index in [1.165, 1.54) is 16.7 Å². The maximum atomic E-state index is 5.81. The molecule has 0 radical (unpaired) electrons. The molecule has 2 unspecified atom stereocenters. The average molecular weight is 306 g/mol. The number of hydrogen-bond donors (Lipinski definition) is 0. The van der Waals surface area contributed by atoms with E-state index in [-0.39, 0.29) is 0 Å². The number of ether oxygens (including phenoxy) is 1. The third-order valence-electron chi connectivity index (χ3n) is 4.83. The van der Waals surface area contributed by atoms with Gasteiger partial charge in [-0.3, -0.25) is 9.88 Å². The molecule has 2 aliphatic heterocycles. The van der Waals surface area contributed by atoms with Crippen molar-refractivity contribution >= 4 is 5.57 Å². The molecular weight excluding hydrogens is 284 g/mol. The Morgan fingerprint density at radius 2 is 2.00 bits per heavy atom. The van der Waals surface area contributed by atoms with Crippen LogP contribution in [0.25, 0.3) is 5.57 Å². The van der Waals surface area contributed by atoms with Crippen molar-refractivity contribution < 1.29 is 4.74 Å². The highest BCUT2D eigenvalue weighted by molar-refractivity contribution is 5.67. The summed E-state index contributed by atoms with van der Waals surface area (Å²) in [5, 5.41) is 0. The van der Waals surface area contributed by atoms with Crippen molar-refractivity contribution in [1.29, 1.82) is 0 Å². The lowest BCUT2D eigenvalue weighted by Crippen LogP contribution is -2.53. The number of nitrogens with zero attached hydrogens (tertiary/aromatic N) is 2. The number of rotatable bonds is 3. The molecule has 2 bridgehead atoms. The molecule has 0 saturated carbocycles. The van der Waals surface area contributed by atoms with Gasteiger partial charge in [-0.25, -0.2) is 0 Å². The van der Waals surface area contributed by atoms with E-state index in [1.54, 1.807) is 0 Å². The SMILES string of the molecule is Cc1ccc(C2=CC3COCC(C2)N3Cc2ccccc2)cn1. The Morgan fingerprint density at radius 1 is 1.13 bits per heavy atom. The first kappa shape index (κ1) is 14.6. The number of aromatic nitrogens is 1. The average Bonchev–Trinajstić information content (AvgIpc) is 2.56. The minimum Gasteiger partial charge on any atom is -0.378 e. The highest BCUT2D eigenvalue weighted by Gasteiger charge is 2.34. The maximum Gasteiger partial charge on any atom is 0.0658 e. The summed E-state index contributed by atoms with van der Waals surface area (Å²) in [6, 6.07) is 15.8. The molecule has 0 amide bonds. The van der Waals surface area contributed by atoms with Crippen molar-refractivity contribution in [1.82, 2.24) is 9.88 Å². The summed E-state index contributed by atoms with van der Waals surface area (Å²) in [4.78, 5) is 7.04. The van der Waals surface area contributed by atoms with Crippen molar-refractivity contribution in [3.05, 3.63) is 71.6 Å². The Bertz CT molecular complexity index is 693. The Kier molecular flexibility index (Phi) is 3.98. The zero-order chi connectivity index (χ0) is 15.6. The van der Waals surface area contributed by atoms with Gasteiger partial charge in [0, 0.05) is 24.5 Å². The van der Waals surface area contributed by atoms with Gasteiger partial charge in [0.2, 0.25) is 0 Å². The molecule has 2 aromatic rings. The number of fused-ring (bicyclic) bond motifs is 2. The molecule has 0 aliphatic carbocycles. The number of aryl methyl sites for hydroxylation is 1. The van der Waals surface area contributed by atoms with Crippen LogP contribution >= 0.6 is 0 Å². The fourth-order valence-electron chi connectivity index (χ4n) is 3.57. The first-order valence-electron chi connectivity index (χ1n) is 8.31. The highest BCUT2D eigenvalue weighted by Crippen LogP contribution is 2.33. The van der Waals surface area contributed by atoms with Gasteiger partial charge >= 0.3 is 0 Å². The summed E-state index contributed by atoms with van der Waals surface area (Å²) >= 11 is 0. The zero-order valence-electron chi connectivity index (χ0n) is 13.5. The van der Waals surface area contributed by atoms with Crippen LogP contribution in [0, 0.1) is 6.92 Å². The second-order valence-electron chi connectivity index (χ2n) is 6.50. The van der Waals surface area contributed by atoms with Gasteiger partial charge in [0.05, 0.1) is 19.3 Å². The van der Waals surface area contributed by atoms with Gasteiger partial charge in [-0.1, -0.05) is 42.5 Å². The number of morpholine rings is 1. The minimum absolute atomic E-state index is 0.360. The predicted octanol–water partition coefficient (Wildman–Crippen LogP) is 3.45. The van der Waals surface area contributed by atoms with E-state index in [2.05, 4.69) is 58.4 Å². The van der Waals surface area contributed by atoms with E-state index in [0.717, 1.165) is 31.9 Å². The van der Waals surface area contributed by atoms with Crippen LogP contribution in [-0.4, -0.2) is 35.2 Å². The lowest BCUT2D eigenvalue weighted by Gasteiger charge is -2.44. The summed E-state index contributed by atoms with van der Waals surface area (Å²) in [7, 11) is 0. The Hall–Kier alpha value is -1.97. The Balaban J connectivity index is 1.59. The van der Waals surface area contributed by atoms with Crippen molar-refractivity contribution in [2.75, 3.05) is 13.2 Å². The van der Waals surface area contributed by atoms with Crippen LogP contribution in [0.5, 0.6) is 0 Å². The first-order valence-corrected chi connectivity index (χ1v) is 8.31. The molecule has 1 aromatic heterocycles. The fraction of sp³-hybridized carbons (Fsp3) is 0.350. The molecule has 3 heteroatoms. The predicted molar refractivity (Wildman–Crippen MR) is 91.9 cm³/mol. The van der Waals surface area contributed by atoms with Gasteiger partial charge < -0.3 is 4.74 Å². The Morgan fingerprint density at radius 3 is 2.74 bits per heavy atom. The second-order valence-corrected chi connectivity index (χ2v) is 6.50. The fourth-order valence-corrected chi connectivity index (χ4v) is 3.57. The van der Waals surface area contributed by atoms with Crippen LogP contribution in [0.15, 0.2) is 54.7 Å². The van der Waals surface area contributed by atoms with Crippen LogP contribution in [0.1, 0.15) is 23.2 Å². The summed E-state index contributed by atoms with van der Waals surface area (Å²) in [6.07, 6.45) is 5.42. The molecule has 3 heterocycles. The van der Waals surface area contributed by atoms with Gasteiger partial charge in [0.25, 0.3) is 0 Å². The smallest absolute Gasteiger partial charge is 0.0658 e. The summed E-state index contributed by atoms with van der Waals surface area (Å²) in [5.74, 6) is 0. The molecule has 23 heavy (non-hydrogen) atoms. The number of pyridine rings is 1. The van der Waals surface area contributed by atoms with Gasteiger partial charge in [-0.05, 0) is 36.1 Å². The van der Waals surface area contributed by atoms with E-state index < -0.39 is 0 Å². The van der Waals surface area contributed by atoms with Crippen molar-refractivity contribution in [3.63, 3.8) is 0 Å². The third kappa shape index (κ3) is 3.07. The summed E-state index contributed by atoms with van der Waals surface area (Å²) in [6.45, 7) is 4.63. The quantitative estimate of drug-likeness (QED) is 0.868. The van der Waals surface area contributed by atoms with E-state index >= 15 is 0 Å². The van der Waals surface area contributed by atoms with E-state index in [9.17, 15) is 0 Å². The zero-order valence-corrected chi connectivity index (χ0v) is 13.5. The Labute approximate surface area is 137 Å². The molecule has 1 saturated heterocycles. The topological polar surface area (TPSA) is 25.4 Å². The van der Waals surface area contributed by atoms with Crippen LogP contribution in [0.2, 0.25) is 0 Å². The van der Waals surface area contributed by atoms with Crippen LogP contribution in [0.4, 0.5) is 0 Å². The molecule has 1 fully saturated rings. The third-order valence-corrected chi connectivity index (χ3v) is 4.83. The molecule has 2 aliphatic rings.